The van der Waals surface area contributed by atoms with Crippen molar-refractivity contribution < 1.29 is 17.7 Å². The first-order valence-corrected chi connectivity index (χ1v) is 4.55. The summed E-state index contributed by atoms with van der Waals surface area (Å²) in [5.41, 5.74) is 5.78. The quantitative estimate of drug-likeness (QED) is 0.871. The van der Waals surface area contributed by atoms with E-state index in [1.807, 2.05) is 0 Å². The Labute approximate surface area is 93.5 Å². The summed E-state index contributed by atoms with van der Waals surface area (Å²) in [6, 6.07) is 3.02. The van der Waals surface area contributed by atoms with Crippen molar-refractivity contribution in [1.82, 2.24) is 15.1 Å². The van der Waals surface area contributed by atoms with Crippen LogP contribution in [-0.4, -0.2) is 21.3 Å². The minimum atomic E-state index is -4.36. The Balaban J connectivity index is 2.21. The monoisotopic (exact) mass is 244 g/mol. The molecule has 5 nitrogen and oxygen atoms in total. The highest BCUT2D eigenvalue weighted by Crippen LogP contribution is 2.22. The van der Waals surface area contributed by atoms with Gasteiger partial charge in [0.15, 0.2) is 5.82 Å². The first kappa shape index (κ1) is 11.4. The van der Waals surface area contributed by atoms with Gasteiger partial charge in [-0.2, -0.15) is 18.2 Å². The second-order valence-electron chi connectivity index (χ2n) is 3.28. The maximum atomic E-state index is 12.1. The average molecular weight is 244 g/mol. The van der Waals surface area contributed by atoms with Gasteiger partial charge in [-0.25, -0.2) is 4.98 Å². The number of nitrogen functional groups attached to an aromatic ring is 1. The van der Waals surface area contributed by atoms with Gasteiger partial charge in [0.25, 0.3) is 5.89 Å². The van der Waals surface area contributed by atoms with Crippen molar-refractivity contribution in [2.75, 3.05) is 5.73 Å². The standard InChI is InChI=1S/C9H7F3N4O/c10-9(11,12)3-7-15-8(17-16-7)5-1-2-6(13)14-4-5/h1-2,4H,3H2,(H2,13,14). The average Bonchev–Trinajstić information content (AvgIpc) is 2.64. The van der Waals surface area contributed by atoms with Crippen LogP contribution in [0.2, 0.25) is 0 Å². The van der Waals surface area contributed by atoms with Crippen molar-refractivity contribution in [3.63, 3.8) is 0 Å². The van der Waals surface area contributed by atoms with E-state index in [1.165, 1.54) is 18.3 Å². The zero-order valence-corrected chi connectivity index (χ0v) is 8.40. The van der Waals surface area contributed by atoms with E-state index in [9.17, 15) is 13.2 Å². The number of nitrogens with two attached hydrogens (primary N) is 1. The maximum Gasteiger partial charge on any atom is 0.396 e. The van der Waals surface area contributed by atoms with E-state index in [2.05, 4.69) is 15.1 Å². The lowest BCUT2D eigenvalue weighted by molar-refractivity contribution is -0.128. The highest BCUT2D eigenvalue weighted by atomic mass is 19.4. The number of hydrogen-bond donors (Lipinski definition) is 1. The molecule has 2 N–H and O–H groups in total. The van der Waals surface area contributed by atoms with Gasteiger partial charge in [0.05, 0.1) is 5.56 Å². The third-order valence-electron chi connectivity index (χ3n) is 1.86. The second-order valence-corrected chi connectivity index (χ2v) is 3.28. The molecule has 2 heterocycles. The largest absolute Gasteiger partial charge is 0.396 e. The number of halogens is 3. The van der Waals surface area contributed by atoms with Crippen LogP contribution in [0.25, 0.3) is 11.5 Å². The molecule has 0 fully saturated rings. The number of aromatic nitrogens is 3. The number of pyridine rings is 1. The van der Waals surface area contributed by atoms with Gasteiger partial charge >= 0.3 is 6.18 Å². The Hall–Kier alpha value is -2.12. The van der Waals surface area contributed by atoms with E-state index in [1.54, 1.807) is 0 Å². The third kappa shape index (κ3) is 2.92. The van der Waals surface area contributed by atoms with Crippen molar-refractivity contribution in [3.05, 3.63) is 24.2 Å². The molecule has 0 bridgehead atoms. The molecule has 8 heteroatoms. The minimum Gasteiger partial charge on any atom is -0.384 e. The molecule has 0 saturated carbocycles. The number of rotatable bonds is 2. The van der Waals surface area contributed by atoms with Gasteiger partial charge in [-0.05, 0) is 12.1 Å². The van der Waals surface area contributed by atoms with E-state index in [0.29, 0.717) is 11.4 Å². The van der Waals surface area contributed by atoms with Crippen molar-refractivity contribution in [3.8, 4) is 11.5 Å². The lowest BCUT2D eigenvalue weighted by Gasteiger charge is -1.99. The summed E-state index contributed by atoms with van der Waals surface area (Å²) in [4.78, 5) is 7.38. The SMILES string of the molecule is Nc1ccc(-c2nc(CC(F)(F)F)no2)cn1. The fraction of sp³-hybridized carbons (Fsp3) is 0.222. The molecule has 2 aromatic heterocycles. The number of nitrogens with zero attached hydrogens (tertiary/aromatic N) is 3. The summed E-state index contributed by atoms with van der Waals surface area (Å²) in [6.07, 6.45) is -4.24. The molecule has 0 radical (unpaired) electrons. The molecule has 0 aromatic carbocycles. The molecule has 0 unspecified atom stereocenters. The predicted molar refractivity (Wildman–Crippen MR) is 51.7 cm³/mol. The van der Waals surface area contributed by atoms with Crippen LogP contribution in [0.15, 0.2) is 22.9 Å². The fourth-order valence-electron chi connectivity index (χ4n) is 1.15. The van der Waals surface area contributed by atoms with Gasteiger partial charge in [-0.1, -0.05) is 5.16 Å². The van der Waals surface area contributed by atoms with E-state index < -0.39 is 18.4 Å². The Kier molecular flexibility index (Phi) is 2.70. The van der Waals surface area contributed by atoms with Gasteiger partial charge in [0.2, 0.25) is 0 Å². The molecule has 0 aliphatic heterocycles. The molecule has 2 rings (SSSR count). The van der Waals surface area contributed by atoms with Crippen LogP contribution in [0.3, 0.4) is 0 Å². The lowest BCUT2D eigenvalue weighted by atomic mass is 10.3. The molecule has 2 aromatic rings. The van der Waals surface area contributed by atoms with Gasteiger partial charge in [0.1, 0.15) is 12.2 Å². The van der Waals surface area contributed by atoms with Crippen LogP contribution in [0, 0.1) is 0 Å². The topological polar surface area (TPSA) is 77.8 Å². The number of hydrogen-bond acceptors (Lipinski definition) is 5. The molecule has 0 aliphatic rings. The van der Waals surface area contributed by atoms with E-state index in [-0.39, 0.29) is 5.89 Å². The van der Waals surface area contributed by atoms with Crippen LogP contribution in [0.4, 0.5) is 19.0 Å². The first-order valence-electron chi connectivity index (χ1n) is 4.55. The van der Waals surface area contributed by atoms with E-state index in [0.717, 1.165) is 0 Å². The molecule has 17 heavy (non-hydrogen) atoms. The summed E-state index contributed by atoms with van der Waals surface area (Å²) >= 11 is 0. The first-order chi connectivity index (χ1) is 7.94. The molecule has 0 saturated heterocycles. The Morgan fingerprint density at radius 2 is 2.06 bits per heavy atom. The Morgan fingerprint density at radius 1 is 1.29 bits per heavy atom. The van der Waals surface area contributed by atoms with Crippen molar-refractivity contribution in [2.45, 2.75) is 12.6 Å². The van der Waals surface area contributed by atoms with Crippen molar-refractivity contribution >= 4 is 5.82 Å². The third-order valence-corrected chi connectivity index (χ3v) is 1.86. The van der Waals surface area contributed by atoms with Crippen LogP contribution in [0.1, 0.15) is 5.82 Å². The second kappa shape index (κ2) is 4.04. The molecule has 0 atom stereocenters. The molecular formula is C9H7F3N4O. The fourth-order valence-corrected chi connectivity index (χ4v) is 1.15. The number of alkyl halides is 3. The molecule has 0 amide bonds. The summed E-state index contributed by atoms with van der Waals surface area (Å²) in [5.74, 6) is -0.134. The summed E-state index contributed by atoms with van der Waals surface area (Å²) in [7, 11) is 0. The maximum absolute atomic E-state index is 12.1. The van der Waals surface area contributed by atoms with Crippen LogP contribution >= 0.6 is 0 Å². The Bertz CT molecular complexity index is 506. The normalized spacial score (nSPS) is 11.7. The molecule has 0 spiro atoms. The minimum absolute atomic E-state index is 0.0169. The molecule has 0 aliphatic carbocycles. The highest BCUT2D eigenvalue weighted by Gasteiger charge is 2.30. The van der Waals surface area contributed by atoms with Gasteiger partial charge in [-0.3, -0.25) is 0 Å². The summed E-state index contributed by atoms with van der Waals surface area (Å²) in [5, 5.41) is 3.24. The lowest BCUT2D eigenvalue weighted by Crippen LogP contribution is -2.12. The smallest absolute Gasteiger partial charge is 0.384 e. The van der Waals surface area contributed by atoms with Crippen LogP contribution in [-0.2, 0) is 6.42 Å². The predicted octanol–water partition coefficient (Wildman–Crippen LogP) is 1.82. The summed E-state index contributed by atoms with van der Waals surface area (Å²) in [6.45, 7) is 0. The van der Waals surface area contributed by atoms with Gasteiger partial charge in [0, 0.05) is 6.20 Å². The highest BCUT2D eigenvalue weighted by molar-refractivity contribution is 5.53. The summed E-state index contributed by atoms with van der Waals surface area (Å²) < 4.78 is 40.9. The zero-order chi connectivity index (χ0) is 12.5. The zero-order valence-electron chi connectivity index (χ0n) is 8.40. The van der Waals surface area contributed by atoms with Crippen molar-refractivity contribution in [1.29, 1.82) is 0 Å². The molecular weight excluding hydrogens is 237 g/mol. The van der Waals surface area contributed by atoms with Crippen LogP contribution in [0.5, 0.6) is 0 Å². The van der Waals surface area contributed by atoms with Gasteiger partial charge < -0.3 is 10.3 Å². The Morgan fingerprint density at radius 3 is 2.65 bits per heavy atom. The van der Waals surface area contributed by atoms with Crippen LogP contribution < -0.4 is 5.73 Å². The van der Waals surface area contributed by atoms with Gasteiger partial charge in [-0.15, -0.1) is 0 Å². The van der Waals surface area contributed by atoms with E-state index >= 15 is 0 Å². The number of anilines is 1. The van der Waals surface area contributed by atoms with E-state index in [4.69, 9.17) is 10.3 Å². The molecule has 90 valence electrons. The van der Waals surface area contributed by atoms with Crippen molar-refractivity contribution in [2.24, 2.45) is 0 Å².